The van der Waals surface area contributed by atoms with Gasteiger partial charge >= 0.3 is 5.97 Å². The maximum atomic E-state index is 10.5. The zero-order valence-corrected chi connectivity index (χ0v) is 6.58. The van der Waals surface area contributed by atoms with Crippen LogP contribution < -0.4 is 11.1 Å². The van der Waals surface area contributed by atoms with Gasteiger partial charge in [-0.05, 0) is 19.3 Å². The van der Waals surface area contributed by atoms with Crippen LogP contribution in [0.4, 0.5) is 0 Å². The first-order chi connectivity index (χ1) is 5.11. The van der Waals surface area contributed by atoms with E-state index in [-0.39, 0.29) is 12.1 Å². The Hall–Kier alpha value is -0.610. The molecule has 0 radical (unpaired) electrons. The van der Waals surface area contributed by atoms with Gasteiger partial charge in [0.1, 0.15) is 6.04 Å². The number of nitrogens with two attached hydrogens (primary N) is 1. The van der Waals surface area contributed by atoms with Crippen LogP contribution in [-0.4, -0.2) is 29.7 Å². The van der Waals surface area contributed by atoms with Crippen LogP contribution in [0.2, 0.25) is 0 Å². The van der Waals surface area contributed by atoms with Crippen LogP contribution in [0.3, 0.4) is 0 Å². The predicted octanol–water partition coefficient (Wildman–Crippen LogP) is -0.604. The third-order valence-electron chi connectivity index (χ3n) is 2.21. The fourth-order valence-electron chi connectivity index (χ4n) is 1.35. The number of aliphatic carboxylic acids is 1. The van der Waals surface area contributed by atoms with Crippen LogP contribution in [0.5, 0.6) is 0 Å². The van der Waals surface area contributed by atoms with Crippen LogP contribution >= 0.6 is 0 Å². The van der Waals surface area contributed by atoms with Crippen molar-refractivity contribution in [3.63, 3.8) is 0 Å². The third-order valence-corrected chi connectivity index (χ3v) is 2.21. The third kappa shape index (κ3) is 1.91. The molecule has 1 fully saturated rings. The molecule has 11 heavy (non-hydrogen) atoms. The molecule has 0 amide bonds. The van der Waals surface area contributed by atoms with Gasteiger partial charge in [0.05, 0.1) is 0 Å². The van der Waals surface area contributed by atoms with Crippen molar-refractivity contribution in [1.29, 1.82) is 0 Å². The van der Waals surface area contributed by atoms with Crippen LogP contribution in [0, 0.1) is 5.92 Å². The molecule has 3 atom stereocenters. The molecule has 1 rings (SSSR count). The molecule has 0 aliphatic carbocycles. The lowest BCUT2D eigenvalue weighted by molar-refractivity contribution is -0.139. The van der Waals surface area contributed by atoms with Gasteiger partial charge in [0, 0.05) is 12.6 Å². The number of carboxylic acid groups (broad SMARTS) is 1. The molecule has 0 bridgehead atoms. The normalized spacial score (nSPS) is 33.6. The SMILES string of the molecule is CC(N)[C@H]1CN[C@H](C(=O)O)C1. The number of rotatable bonds is 2. The molecule has 4 N–H and O–H groups in total. The summed E-state index contributed by atoms with van der Waals surface area (Å²) in [5.41, 5.74) is 5.63. The molecular formula is C7H14N2O2. The standard InChI is InChI=1S/C7H14N2O2/c1-4(8)5-2-6(7(10)11)9-3-5/h4-6,9H,2-3,8H2,1H3,(H,10,11)/t4?,5-,6+/m1/s1. The molecule has 0 saturated carbocycles. The average molecular weight is 158 g/mol. The minimum Gasteiger partial charge on any atom is -0.480 e. The van der Waals surface area contributed by atoms with Gasteiger partial charge in [-0.15, -0.1) is 0 Å². The van der Waals surface area contributed by atoms with E-state index in [2.05, 4.69) is 5.32 Å². The second kappa shape index (κ2) is 3.19. The van der Waals surface area contributed by atoms with Crippen molar-refractivity contribution in [2.45, 2.75) is 25.4 Å². The van der Waals surface area contributed by atoms with Crippen LogP contribution in [0.25, 0.3) is 0 Å². The summed E-state index contributed by atoms with van der Waals surface area (Å²) in [6, 6.07) is -0.294. The second-order valence-electron chi connectivity index (χ2n) is 3.15. The van der Waals surface area contributed by atoms with Gasteiger partial charge in [0.2, 0.25) is 0 Å². The van der Waals surface area contributed by atoms with Crippen molar-refractivity contribution in [1.82, 2.24) is 5.32 Å². The highest BCUT2D eigenvalue weighted by Crippen LogP contribution is 2.16. The average Bonchev–Trinajstić information content (AvgIpc) is 2.33. The maximum Gasteiger partial charge on any atom is 0.320 e. The molecule has 1 heterocycles. The monoisotopic (exact) mass is 158 g/mol. The number of hydrogen-bond donors (Lipinski definition) is 3. The Bertz CT molecular complexity index is 159. The largest absolute Gasteiger partial charge is 0.480 e. The van der Waals surface area contributed by atoms with E-state index in [0.29, 0.717) is 12.3 Å². The van der Waals surface area contributed by atoms with Gasteiger partial charge in [-0.1, -0.05) is 0 Å². The second-order valence-corrected chi connectivity index (χ2v) is 3.15. The topological polar surface area (TPSA) is 75.3 Å². The summed E-state index contributed by atoms with van der Waals surface area (Å²) in [4.78, 5) is 10.5. The van der Waals surface area contributed by atoms with Crippen molar-refractivity contribution in [2.75, 3.05) is 6.54 Å². The Labute approximate surface area is 65.8 Å². The van der Waals surface area contributed by atoms with Crippen molar-refractivity contribution >= 4 is 5.97 Å². The van der Waals surface area contributed by atoms with Gasteiger partial charge in [-0.3, -0.25) is 4.79 Å². The summed E-state index contributed by atoms with van der Waals surface area (Å²) in [7, 11) is 0. The molecule has 0 spiro atoms. The molecular weight excluding hydrogens is 144 g/mol. The summed E-state index contributed by atoms with van der Waals surface area (Å²) in [5, 5.41) is 11.5. The summed E-state index contributed by atoms with van der Waals surface area (Å²) in [5.74, 6) is -0.454. The van der Waals surface area contributed by atoms with E-state index in [1.54, 1.807) is 0 Å². The smallest absolute Gasteiger partial charge is 0.320 e. The van der Waals surface area contributed by atoms with Crippen LogP contribution in [-0.2, 0) is 4.79 Å². The lowest BCUT2D eigenvalue weighted by Gasteiger charge is -2.11. The van der Waals surface area contributed by atoms with Crippen molar-refractivity contribution < 1.29 is 9.90 Å². The minimum absolute atomic E-state index is 0.0897. The van der Waals surface area contributed by atoms with E-state index < -0.39 is 5.97 Å². The Morgan fingerprint density at radius 3 is 2.73 bits per heavy atom. The lowest BCUT2D eigenvalue weighted by atomic mass is 9.99. The molecule has 64 valence electrons. The van der Waals surface area contributed by atoms with Gasteiger partial charge in [-0.25, -0.2) is 0 Å². The summed E-state index contributed by atoms with van der Waals surface area (Å²) >= 11 is 0. The van der Waals surface area contributed by atoms with E-state index in [0.717, 1.165) is 6.54 Å². The van der Waals surface area contributed by atoms with Gasteiger partial charge in [0.25, 0.3) is 0 Å². The zero-order valence-electron chi connectivity index (χ0n) is 6.58. The highest BCUT2D eigenvalue weighted by atomic mass is 16.4. The lowest BCUT2D eigenvalue weighted by Crippen LogP contribution is -2.30. The maximum absolute atomic E-state index is 10.5. The molecule has 0 aromatic rings. The van der Waals surface area contributed by atoms with Crippen molar-refractivity contribution in [3.05, 3.63) is 0 Å². The highest BCUT2D eigenvalue weighted by Gasteiger charge is 2.30. The predicted molar refractivity (Wildman–Crippen MR) is 41.2 cm³/mol. The van der Waals surface area contributed by atoms with Gasteiger partial charge < -0.3 is 16.2 Å². The molecule has 1 saturated heterocycles. The molecule has 1 aliphatic rings. The molecule has 1 aliphatic heterocycles. The zero-order chi connectivity index (χ0) is 8.43. The van der Waals surface area contributed by atoms with E-state index in [4.69, 9.17) is 10.8 Å². The fraction of sp³-hybridized carbons (Fsp3) is 0.857. The Morgan fingerprint density at radius 2 is 2.45 bits per heavy atom. The first-order valence-electron chi connectivity index (χ1n) is 3.83. The minimum atomic E-state index is -0.770. The van der Waals surface area contributed by atoms with Crippen LogP contribution in [0.1, 0.15) is 13.3 Å². The summed E-state index contributed by atoms with van der Waals surface area (Å²) < 4.78 is 0. The first-order valence-corrected chi connectivity index (χ1v) is 3.83. The molecule has 0 aromatic heterocycles. The molecule has 4 nitrogen and oxygen atoms in total. The Kier molecular flexibility index (Phi) is 2.46. The quantitative estimate of drug-likeness (QED) is 0.501. The highest BCUT2D eigenvalue weighted by molar-refractivity contribution is 5.73. The van der Waals surface area contributed by atoms with Crippen molar-refractivity contribution in [2.24, 2.45) is 11.7 Å². The van der Waals surface area contributed by atoms with E-state index >= 15 is 0 Å². The van der Waals surface area contributed by atoms with Crippen molar-refractivity contribution in [3.8, 4) is 0 Å². The molecule has 4 heteroatoms. The fourth-order valence-corrected chi connectivity index (χ4v) is 1.35. The van der Waals surface area contributed by atoms with Crippen LogP contribution in [0.15, 0.2) is 0 Å². The Morgan fingerprint density at radius 1 is 1.82 bits per heavy atom. The summed E-state index contributed by atoms with van der Waals surface area (Å²) in [6.07, 6.45) is 0.660. The number of hydrogen-bond acceptors (Lipinski definition) is 3. The van der Waals surface area contributed by atoms with E-state index in [1.807, 2.05) is 6.92 Å². The van der Waals surface area contributed by atoms with E-state index in [1.165, 1.54) is 0 Å². The molecule has 1 unspecified atom stereocenters. The first kappa shape index (κ1) is 8.49. The van der Waals surface area contributed by atoms with E-state index in [9.17, 15) is 4.79 Å². The Balaban J connectivity index is 2.41. The number of carbonyl (C=O) groups is 1. The van der Waals surface area contributed by atoms with Gasteiger partial charge in [0.15, 0.2) is 0 Å². The number of carboxylic acids is 1. The van der Waals surface area contributed by atoms with Gasteiger partial charge in [-0.2, -0.15) is 0 Å². The summed E-state index contributed by atoms with van der Waals surface area (Å²) in [6.45, 7) is 2.64. The molecule has 0 aromatic carbocycles. The number of nitrogens with one attached hydrogen (secondary N) is 1.